The number of anilines is 2. The van der Waals surface area contributed by atoms with Crippen molar-refractivity contribution in [2.24, 2.45) is 0 Å². The Labute approximate surface area is 230 Å². The fraction of sp³-hybridized carbons (Fsp3) is 0.310. The van der Waals surface area contributed by atoms with Crippen LogP contribution in [0.2, 0.25) is 0 Å². The Balaban J connectivity index is 1.27. The van der Waals surface area contributed by atoms with Crippen LogP contribution in [-0.4, -0.2) is 50.7 Å². The molecule has 1 fully saturated rings. The summed E-state index contributed by atoms with van der Waals surface area (Å²) in [6.07, 6.45) is 6.58. The second-order valence-electron chi connectivity index (χ2n) is 10.3. The van der Waals surface area contributed by atoms with Crippen molar-refractivity contribution in [3.05, 3.63) is 71.6 Å². The number of ether oxygens (including phenoxy) is 2. The third kappa shape index (κ3) is 6.39. The number of nitrogens with one attached hydrogen (secondary N) is 1. The molecule has 1 saturated heterocycles. The van der Waals surface area contributed by atoms with Crippen LogP contribution in [0.25, 0.3) is 22.0 Å². The minimum Gasteiger partial charge on any atom is -0.489 e. The van der Waals surface area contributed by atoms with Gasteiger partial charge in [0, 0.05) is 67.2 Å². The van der Waals surface area contributed by atoms with E-state index in [0.717, 1.165) is 50.8 Å². The van der Waals surface area contributed by atoms with Gasteiger partial charge < -0.3 is 19.7 Å². The van der Waals surface area contributed by atoms with Crippen molar-refractivity contribution < 1.29 is 14.3 Å². The first-order chi connectivity index (χ1) is 18.2. The molecule has 0 spiro atoms. The van der Waals surface area contributed by atoms with Gasteiger partial charge in [0.05, 0.1) is 9.99 Å². The molecule has 1 amide bonds. The van der Waals surface area contributed by atoms with Crippen LogP contribution in [0.3, 0.4) is 0 Å². The fourth-order valence-electron chi connectivity index (χ4n) is 4.28. The molecule has 5 rings (SSSR count). The number of piperidine rings is 1. The lowest BCUT2D eigenvalue weighted by Crippen LogP contribution is -2.44. The first kappa shape index (κ1) is 25.9. The molecule has 0 unspecified atom stereocenters. The lowest BCUT2D eigenvalue weighted by atomic mass is 10.1. The Morgan fingerprint density at radius 1 is 1.05 bits per heavy atom. The van der Waals surface area contributed by atoms with Crippen molar-refractivity contribution in [2.45, 2.75) is 45.3 Å². The van der Waals surface area contributed by atoms with Gasteiger partial charge in [-0.25, -0.2) is 14.8 Å². The van der Waals surface area contributed by atoms with Gasteiger partial charge in [-0.2, -0.15) is 0 Å². The van der Waals surface area contributed by atoms with E-state index in [1.807, 2.05) is 75.5 Å². The van der Waals surface area contributed by atoms with E-state index in [-0.39, 0.29) is 12.2 Å². The van der Waals surface area contributed by atoms with Crippen LogP contribution in [0.4, 0.5) is 16.4 Å². The van der Waals surface area contributed by atoms with E-state index in [4.69, 9.17) is 14.5 Å². The van der Waals surface area contributed by atoms with Gasteiger partial charge in [0.1, 0.15) is 17.5 Å². The monoisotopic (exact) mass is 575 g/mol. The topological polar surface area (TPSA) is 89.5 Å². The molecule has 1 N–H and O–H groups in total. The summed E-state index contributed by atoms with van der Waals surface area (Å²) in [5, 5.41) is 4.21. The van der Waals surface area contributed by atoms with E-state index in [0.29, 0.717) is 19.0 Å². The second-order valence-corrected chi connectivity index (χ2v) is 11.1. The van der Waals surface area contributed by atoms with Crippen molar-refractivity contribution in [2.75, 3.05) is 18.4 Å². The zero-order valence-electron chi connectivity index (χ0n) is 21.6. The molecule has 9 heteroatoms. The number of aromatic nitrogens is 3. The number of rotatable bonds is 5. The summed E-state index contributed by atoms with van der Waals surface area (Å²) < 4.78 is 12.7. The van der Waals surface area contributed by atoms with Crippen LogP contribution in [-0.2, 0) is 4.74 Å². The maximum atomic E-state index is 12.4. The Kier molecular flexibility index (Phi) is 7.46. The molecule has 0 saturated carbocycles. The molecule has 0 radical (unpaired) electrons. The average Bonchev–Trinajstić information content (AvgIpc) is 2.89. The number of amides is 1. The van der Waals surface area contributed by atoms with Crippen LogP contribution in [0.15, 0.2) is 71.6 Å². The van der Waals surface area contributed by atoms with Crippen LogP contribution >= 0.6 is 15.9 Å². The molecule has 38 heavy (non-hydrogen) atoms. The largest absolute Gasteiger partial charge is 0.489 e. The van der Waals surface area contributed by atoms with E-state index in [9.17, 15) is 4.79 Å². The highest BCUT2D eigenvalue weighted by molar-refractivity contribution is 9.10. The van der Waals surface area contributed by atoms with Crippen molar-refractivity contribution in [1.29, 1.82) is 0 Å². The molecule has 3 heterocycles. The maximum Gasteiger partial charge on any atom is 0.410 e. The summed E-state index contributed by atoms with van der Waals surface area (Å²) in [4.78, 5) is 27.5. The number of pyridine rings is 1. The molecular weight excluding hydrogens is 546 g/mol. The minimum atomic E-state index is -0.502. The molecule has 196 valence electrons. The lowest BCUT2D eigenvalue weighted by Gasteiger charge is -2.33. The SMILES string of the molecule is CC(C)(C)OC(=O)N1CCC(Oc2cc3nc(Nc4cccc(-c5cccnc5)c4)ncc3cc2Br)CC1. The number of hydrogen-bond acceptors (Lipinski definition) is 7. The number of carbonyl (C=O) groups is 1. The Hall–Kier alpha value is -3.72. The summed E-state index contributed by atoms with van der Waals surface area (Å²) in [7, 11) is 0. The predicted molar refractivity (Wildman–Crippen MR) is 152 cm³/mol. The van der Waals surface area contributed by atoms with Gasteiger partial charge in [-0.05, 0) is 66.5 Å². The Morgan fingerprint density at radius 3 is 2.58 bits per heavy atom. The lowest BCUT2D eigenvalue weighted by molar-refractivity contribution is 0.0126. The van der Waals surface area contributed by atoms with Crippen LogP contribution in [0.1, 0.15) is 33.6 Å². The summed E-state index contributed by atoms with van der Waals surface area (Å²) in [6, 6.07) is 15.9. The van der Waals surface area contributed by atoms with E-state index in [1.165, 1.54) is 0 Å². The standard InChI is InChI=1S/C29H30BrN5O3/c1-29(2,3)38-28(36)35-12-9-23(10-13-35)37-26-16-25-21(15-24(26)30)18-32-27(34-25)33-22-8-4-6-19(14-22)20-7-5-11-31-17-20/h4-8,11,14-18,23H,9-10,12-13H2,1-3H3,(H,32,33,34). The quantitative estimate of drug-likeness (QED) is 0.274. The number of carbonyl (C=O) groups excluding carboxylic acids is 1. The highest BCUT2D eigenvalue weighted by atomic mass is 79.9. The normalized spacial score (nSPS) is 14.4. The Morgan fingerprint density at radius 2 is 1.84 bits per heavy atom. The van der Waals surface area contributed by atoms with Gasteiger partial charge in [-0.3, -0.25) is 4.98 Å². The number of benzene rings is 2. The smallest absolute Gasteiger partial charge is 0.410 e. The molecule has 0 bridgehead atoms. The van der Waals surface area contributed by atoms with Gasteiger partial charge in [-0.1, -0.05) is 18.2 Å². The maximum absolute atomic E-state index is 12.4. The Bertz CT molecular complexity index is 1430. The summed E-state index contributed by atoms with van der Waals surface area (Å²) in [5.41, 5.74) is 3.25. The van der Waals surface area contributed by atoms with Gasteiger partial charge in [0.2, 0.25) is 5.95 Å². The van der Waals surface area contributed by atoms with Gasteiger partial charge in [0.15, 0.2) is 0 Å². The van der Waals surface area contributed by atoms with E-state index in [1.54, 1.807) is 17.3 Å². The van der Waals surface area contributed by atoms with Crippen molar-refractivity contribution in [3.8, 4) is 16.9 Å². The van der Waals surface area contributed by atoms with E-state index >= 15 is 0 Å². The minimum absolute atomic E-state index is 0.00270. The zero-order valence-corrected chi connectivity index (χ0v) is 23.2. The molecule has 1 aliphatic rings. The molecular formula is C29H30BrN5O3. The van der Waals surface area contributed by atoms with Crippen LogP contribution in [0.5, 0.6) is 5.75 Å². The fourth-order valence-corrected chi connectivity index (χ4v) is 4.74. The first-order valence-corrected chi connectivity index (χ1v) is 13.4. The van der Waals surface area contributed by atoms with Gasteiger partial charge >= 0.3 is 6.09 Å². The molecule has 0 atom stereocenters. The molecule has 2 aromatic carbocycles. The van der Waals surface area contributed by atoms with Gasteiger partial charge in [-0.15, -0.1) is 0 Å². The predicted octanol–water partition coefficient (Wildman–Crippen LogP) is 6.98. The molecule has 0 aliphatic carbocycles. The molecule has 4 aromatic rings. The first-order valence-electron chi connectivity index (χ1n) is 12.6. The van der Waals surface area contributed by atoms with Crippen LogP contribution in [0, 0.1) is 0 Å². The summed E-state index contributed by atoms with van der Waals surface area (Å²) in [6.45, 7) is 6.82. The van der Waals surface area contributed by atoms with E-state index in [2.05, 4.69) is 31.2 Å². The van der Waals surface area contributed by atoms with Crippen molar-refractivity contribution in [3.63, 3.8) is 0 Å². The number of halogens is 1. The van der Waals surface area contributed by atoms with Gasteiger partial charge in [0.25, 0.3) is 0 Å². The number of hydrogen-bond donors (Lipinski definition) is 1. The molecule has 2 aromatic heterocycles. The number of fused-ring (bicyclic) bond motifs is 1. The molecule has 8 nitrogen and oxygen atoms in total. The second kappa shape index (κ2) is 10.9. The summed E-state index contributed by atoms with van der Waals surface area (Å²) >= 11 is 3.63. The van der Waals surface area contributed by atoms with E-state index < -0.39 is 5.60 Å². The van der Waals surface area contributed by atoms with Crippen molar-refractivity contribution >= 4 is 44.6 Å². The third-order valence-electron chi connectivity index (χ3n) is 6.13. The van der Waals surface area contributed by atoms with Crippen molar-refractivity contribution in [1.82, 2.24) is 19.9 Å². The third-order valence-corrected chi connectivity index (χ3v) is 6.75. The number of likely N-dealkylation sites (tertiary alicyclic amines) is 1. The molecule has 1 aliphatic heterocycles. The average molecular weight is 576 g/mol. The highest BCUT2D eigenvalue weighted by Crippen LogP contribution is 2.32. The highest BCUT2D eigenvalue weighted by Gasteiger charge is 2.28. The zero-order chi connectivity index (χ0) is 26.7. The summed E-state index contributed by atoms with van der Waals surface area (Å²) in [5.74, 6) is 1.22. The van der Waals surface area contributed by atoms with Crippen LogP contribution < -0.4 is 10.1 Å². The number of nitrogens with zero attached hydrogens (tertiary/aromatic N) is 4.